The van der Waals surface area contributed by atoms with Gasteiger partial charge < -0.3 is 5.73 Å². The lowest BCUT2D eigenvalue weighted by Crippen LogP contribution is -2.61. The zero-order valence-electron chi connectivity index (χ0n) is 10.3. The third-order valence-electron chi connectivity index (χ3n) is 4.04. The number of hydrogen-bond acceptors (Lipinski definition) is 3. The van der Waals surface area contributed by atoms with E-state index in [1.807, 2.05) is 0 Å². The first-order valence-electron chi connectivity index (χ1n) is 6.36. The Morgan fingerprint density at radius 2 is 1.53 bits per heavy atom. The fourth-order valence-electron chi connectivity index (χ4n) is 3.23. The molecule has 15 heavy (non-hydrogen) atoms. The molecule has 0 spiro atoms. The maximum Gasteiger partial charge on any atom is 0.0546 e. The van der Waals surface area contributed by atoms with Gasteiger partial charge in [0.2, 0.25) is 0 Å². The van der Waals surface area contributed by atoms with Crippen molar-refractivity contribution in [2.24, 2.45) is 5.73 Å². The molecule has 0 aliphatic carbocycles. The molecule has 0 saturated carbocycles. The van der Waals surface area contributed by atoms with Gasteiger partial charge in [-0.1, -0.05) is 6.42 Å². The van der Waals surface area contributed by atoms with Gasteiger partial charge in [0.25, 0.3) is 0 Å². The smallest absolute Gasteiger partial charge is 0.0546 e. The second kappa shape index (κ2) is 4.40. The molecule has 3 aliphatic rings. The molecular formula is C12H25N3. The first-order valence-corrected chi connectivity index (χ1v) is 6.36. The minimum Gasteiger partial charge on any atom is -0.316 e. The highest BCUT2D eigenvalue weighted by Crippen LogP contribution is 2.29. The molecule has 0 aromatic heterocycles. The molecule has 3 fully saturated rings. The number of nitrogens with zero attached hydrogens (tertiary/aromatic N) is 2. The van der Waals surface area contributed by atoms with E-state index >= 15 is 0 Å². The average Bonchev–Trinajstić information content (AvgIpc) is 2.48. The maximum atomic E-state index is 6.05. The quantitative estimate of drug-likeness (QED) is 0.746. The molecule has 3 atom stereocenters. The Balaban J connectivity index is 2.11. The summed E-state index contributed by atoms with van der Waals surface area (Å²) in [5.74, 6) is 0. The van der Waals surface area contributed by atoms with E-state index in [1.54, 1.807) is 0 Å². The second-order valence-electron chi connectivity index (χ2n) is 5.47. The average molecular weight is 211 g/mol. The highest BCUT2D eigenvalue weighted by molar-refractivity contribution is 4.94. The van der Waals surface area contributed by atoms with Gasteiger partial charge in [-0.05, 0) is 33.6 Å². The molecule has 0 aromatic carbocycles. The SMILES string of the molecule is CC(C)N1CC2CCC[C@H]1CN2[C@@H](C)N. The minimum atomic E-state index is 0.227. The molecule has 1 unspecified atom stereocenters. The van der Waals surface area contributed by atoms with Crippen LogP contribution in [0.1, 0.15) is 40.0 Å². The van der Waals surface area contributed by atoms with Gasteiger partial charge in [-0.15, -0.1) is 0 Å². The summed E-state index contributed by atoms with van der Waals surface area (Å²) < 4.78 is 0. The van der Waals surface area contributed by atoms with Gasteiger partial charge in [-0.3, -0.25) is 9.80 Å². The summed E-state index contributed by atoms with van der Waals surface area (Å²) in [5.41, 5.74) is 6.05. The number of fused-ring (bicyclic) bond motifs is 4. The fourth-order valence-corrected chi connectivity index (χ4v) is 3.23. The van der Waals surface area contributed by atoms with E-state index in [4.69, 9.17) is 5.73 Å². The summed E-state index contributed by atoms with van der Waals surface area (Å²) in [6, 6.07) is 2.13. The van der Waals surface area contributed by atoms with Crippen molar-refractivity contribution < 1.29 is 0 Å². The van der Waals surface area contributed by atoms with Crippen molar-refractivity contribution >= 4 is 0 Å². The van der Waals surface area contributed by atoms with E-state index in [9.17, 15) is 0 Å². The van der Waals surface area contributed by atoms with E-state index in [0.717, 1.165) is 6.04 Å². The second-order valence-corrected chi connectivity index (χ2v) is 5.47. The molecule has 0 radical (unpaired) electrons. The Morgan fingerprint density at radius 3 is 2.07 bits per heavy atom. The molecule has 3 rings (SSSR count). The third kappa shape index (κ3) is 2.19. The molecule has 88 valence electrons. The monoisotopic (exact) mass is 211 g/mol. The van der Waals surface area contributed by atoms with Crippen LogP contribution in [0.15, 0.2) is 0 Å². The first-order chi connectivity index (χ1) is 7.09. The van der Waals surface area contributed by atoms with Crippen molar-refractivity contribution in [2.45, 2.75) is 64.3 Å². The molecule has 2 N–H and O–H groups in total. The summed E-state index contributed by atoms with van der Waals surface area (Å²) in [7, 11) is 0. The summed E-state index contributed by atoms with van der Waals surface area (Å²) >= 11 is 0. The van der Waals surface area contributed by atoms with Crippen LogP contribution in [-0.2, 0) is 0 Å². The van der Waals surface area contributed by atoms with Crippen LogP contribution in [0.2, 0.25) is 0 Å². The number of nitrogens with two attached hydrogens (primary N) is 1. The lowest BCUT2D eigenvalue weighted by Gasteiger charge is -2.47. The van der Waals surface area contributed by atoms with Crippen molar-refractivity contribution in [1.29, 1.82) is 0 Å². The van der Waals surface area contributed by atoms with Crippen LogP contribution in [-0.4, -0.2) is 47.2 Å². The van der Waals surface area contributed by atoms with Gasteiger partial charge in [0, 0.05) is 31.2 Å². The topological polar surface area (TPSA) is 32.5 Å². The normalized spacial score (nSPS) is 35.8. The predicted molar refractivity (Wildman–Crippen MR) is 63.6 cm³/mol. The zero-order valence-corrected chi connectivity index (χ0v) is 10.3. The Morgan fingerprint density at radius 1 is 1.00 bits per heavy atom. The fraction of sp³-hybridized carbons (Fsp3) is 1.00. The maximum absolute atomic E-state index is 6.05. The highest BCUT2D eigenvalue weighted by atomic mass is 15.4. The van der Waals surface area contributed by atoms with Crippen LogP contribution >= 0.6 is 0 Å². The highest BCUT2D eigenvalue weighted by Gasteiger charge is 2.38. The number of hydrogen-bond donors (Lipinski definition) is 1. The van der Waals surface area contributed by atoms with Crippen molar-refractivity contribution in [3.8, 4) is 0 Å². The van der Waals surface area contributed by atoms with Crippen LogP contribution in [0.5, 0.6) is 0 Å². The van der Waals surface area contributed by atoms with Crippen molar-refractivity contribution in [1.82, 2.24) is 9.80 Å². The van der Waals surface area contributed by atoms with E-state index in [2.05, 4.69) is 30.6 Å². The Hall–Kier alpha value is -0.120. The van der Waals surface area contributed by atoms with E-state index in [1.165, 1.54) is 32.4 Å². The zero-order chi connectivity index (χ0) is 11.0. The van der Waals surface area contributed by atoms with E-state index < -0.39 is 0 Å². The summed E-state index contributed by atoms with van der Waals surface area (Å²) in [6.45, 7) is 9.17. The van der Waals surface area contributed by atoms with Crippen molar-refractivity contribution in [2.75, 3.05) is 13.1 Å². The largest absolute Gasteiger partial charge is 0.316 e. The molecule has 2 bridgehead atoms. The van der Waals surface area contributed by atoms with Gasteiger partial charge in [0.1, 0.15) is 0 Å². The lowest BCUT2D eigenvalue weighted by atomic mass is 10.1. The molecule has 3 heterocycles. The van der Waals surface area contributed by atoms with Gasteiger partial charge in [-0.25, -0.2) is 0 Å². The van der Waals surface area contributed by atoms with Crippen molar-refractivity contribution in [3.05, 3.63) is 0 Å². The standard InChI is InChI=1S/C12H25N3/c1-9(2)14-7-12-6-4-5-11(14)8-15(12)10(3)13/h9-12H,4-8,13H2,1-3H3/t10-,11-,12?/m0/s1. The minimum absolute atomic E-state index is 0.227. The summed E-state index contributed by atoms with van der Waals surface area (Å²) in [5, 5.41) is 0. The van der Waals surface area contributed by atoms with Crippen LogP contribution in [0.3, 0.4) is 0 Å². The van der Waals surface area contributed by atoms with Crippen LogP contribution < -0.4 is 5.73 Å². The Labute approximate surface area is 93.6 Å². The first kappa shape index (κ1) is 11.4. The third-order valence-corrected chi connectivity index (χ3v) is 4.04. The van der Waals surface area contributed by atoms with Crippen LogP contribution in [0.25, 0.3) is 0 Å². The van der Waals surface area contributed by atoms with E-state index in [0.29, 0.717) is 12.1 Å². The number of piperazine rings is 1. The van der Waals surface area contributed by atoms with Gasteiger partial charge in [0.15, 0.2) is 0 Å². The van der Waals surface area contributed by atoms with Gasteiger partial charge in [0.05, 0.1) is 6.17 Å². The molecule has 0 amide bonds. The molecular weight excluding hydrogens is 186 g/mol. The van der Waals surface area contributed by atoms with Gasteiger partial charge >= 0.3 is 0 Å². The lowest BCUT2D eigenvalue weighted by molar-refractivity contribution is 0.00483. The molecule has 3 aliphatic heterocycles. The van der Waals surface area contributed by atoms with Gasteiger partial charge in [-0.2, -0.15) is 0 Å². The number of rotatable bonds is 2. The Kier molecular flexibility index (Phi) is 3.33. The molecule has 3 heteroatoms. The van der Waals surface area contributed by atoms with Crippen LogP contribution in [0, 0.1) is 0 Å². The summed E-state index contributed by atoms with van der Waals surface area (Å²) in [6.07, 6.45) is 4.30. The van der Waals surface area contributed by atoms with Crippen LogP contribution in [0.4, 0.5) is 0 Å². The molecule has 0 aromatic rings. The molecule has 3 saturated heterocycles. The Bertz CT molecular complexity index is 193. The predicted octanol–water partition coefficient (Wildman–Crippen LogP) is 1.24. The van der Waals surface area contributed by atoms with E-state index in [-0.39, 0.29) is 6.17 Å². The summed E-state index contributed by atoms with van der Waals surface area (Å²) in [4.78, 5) is 5.19. The van der Waals surface area contributed by atoms with Crippen molar-refractivity contribution in [3.63, 3.8) is 0 Å². The molecule has 3 nitrogen and oxygen atoms in total.